The third kappa shape index (κ3) is 4.00. The highest BCUT2D eigenvalue weighted by atomic mass is 16.4. The second-order valence-electron chi connectivity index (χ2n) is 5.29. The van der Waals surface area contributed by atoms with Crippen LogP contribution in [0.15, 0.2) is 42.5 Å². The Labute approximate surface area is 133 Å². The molecule has 2 aromatic carbocycles. The number of benzene rings is 2. The molecule has 1 aliphatic rings. The smallest absolute Gasteiger partial charge is 0.337 e. The van der Waals surface area contributed by atoms with Crippen molar-refractivity contribution < 1.29 is 19.8 Å². The van der Waals surface area contributed by atoms with E-state index in [0.717, 1.165) is 16.8 Å². The van der Waals surface area contributed by atoms with Crippen molar-refractivity contribution in [3.8, 4) is 0 Å². The van der Waals surface area contributed by atoms with Gasteiger partial charge in [-0.1, -0.05) is 24.3 Å². The van der Waals surface area contributed by atoms with Crippen molar-refractivity contribution in [3.63, 3.8) is 0 Å². The molecule has 0 radical (unpaired) electrons. The number of hydrogen-bond donors (Lipinski definition) is 4. The number of hydrogen-bond acceptors (Lipinski definition) is 4. The molecule has 120 valence electrons. The number of carbonyl (C=O) groups is 2. The molecule has 0 saturated heterocycles. The molecule has 1 heterocycles. The second-order valence-corrected chi connectivity index (χ2v) is 5.29. The molecule has 6 heteroatoms. The molecule has 0 spiro atoms. The van der Waals surface area contributed by atoms with Crippen LogP contribution in [0.2, 0.25) is 0 Å². The normalized spacial score (nSPS) is 14.9. The van der Waals surface area contributed by atoms with E-state index in [1.54, 1.807) is 12.1 Å². The van der Waals surface area contributed by atoms with Crippen LogP contribution in [0, 0.1) is 6.92 Å². The highest BCUT2D eigenvalue weighted by Gasteiger charge is 2.25. The van der Waals surface area contributed by atoms with Crippen LogP contribution in [0.25, 0.3) is 0 Å². The molecule has 6 nitrogen and oxygen atoms in total. The summed E-state index contributed by atoms with van der Waals surface area (Å²) in [5, 5.41) is 20.2. The van der Waals surface area contributed by atoms with Gasteiger partial charge in [-0.25, -0.2) is 9.59 Å². The van der Waals surface area contributed by atoms with Gasteiger partial charge in [0.25, 0.3) is 0 Å². The van der Waals surface area contributed by atoms with E-state index in [9.17, 15) is 9.59 Å². The number of anilines is 2. The summed E-state index contributed by atoms with van der Waals surface area (Å²) in [5.74, 6) is -1.77. The van der Waals surface area contributed by atoms with Gasteiger partial charge in [-0.15, -0.1) is 0 Å². The molecule has 0 unspecified atom stereocenters. The topological polar surface area (TPSA) is 113 Å². The number of nitrogens with two attached hydrogens (primary N) is 1. The minimum Gasteiger partial charge on any atom is -0.480 e. The van der Waals surface area contributed by atoms with Crippen molar-refractivity contribution >= 4 is 23.3 Å². The molecule has 0 fully saturated rings. The Morgan fingerprint density at radius 3 is 2.43 bits per heavy atom. The average Bonchev–Trinajstić information content (AvgIpc) is 2.91. The Morgan fingerprint density at radius 1 is 1.17 bits per heavy atom. The van der Waals surface area contributed by atoms with Crippen molar-refractivity contribution in [1.29, 1.82) is 0 Å². The highest BCUT2D eigenvalue weighted by molar-refractivity contribution is 5.93. The van der Waals surface area contributed by atoms with Gasteiger partial charge in [0, 0.05) is 17.8 Å². The molecule has 0 aromatic heterocycles. The summed E-state index contributed by atoms with van der Waals surface area (Å²) in [6.07, 6.45) is 0.589. The van der Waals surface area contributed by atoms with E-state index in [-0.39, 0.29) is 5.56 Å². The van der Waals surface area contributed by atoms with E-state index in [2.05, 4.69) is 5.32 Å². The number of nitrogen functional groups attached to an aromatic ring is 1. The zero-order valence-corrected chi connectivity index (χ0v) is 12.6. The molecule has 0 saturated carbocycles. The molecule has 5 N–H and O–H groups in total. The van der Waals surface area contributed by atoms with Gasteiger partial charge in [0.05, 0.1) is 5.56 Å². The Morgan fingerprint density at radius 2 is 1.87 bits per heavy atom. The number of aliphatic carboxylic acids is 1. The van der Waals surface area contributed by atoms with Gasteiger partial charge in [-0.3, -0.25) is 0 Å². The molecule has 2 aromatic rings. The molecular formula is C17H18N2O4. The van der Waals surface area contributed by atoms with Crippen molar-refractivity contribution in [3.05, 3.63) is 59.2 Å². The Bertz CT molecular complexity index is 718. The van der Waals surface area contributed by atoms with Gasteiger partial charge in [0.15, 0.2) is 0 Å². The maximum atomic E-state index is 10.6. The van der Waals surface area contributed by atoms with E-state index < -0.39 is 18.0 Å². The SMILES string of the molecule is Cc1ccc(C(=O)O)c(N)c1.O=C(O)[C@@H]1Cc2ccccc2N1. The van der Waals surface area contributed by atoms with Gasteiger partial charge >= 0.3 is 11.9 Å². The van der Waals surface area contributed by atoms with Gasteiger partial charge < -0.3 is 21.3 Å². The number of carboxylic acids is 2. The zero-order valence-electron chi connectivity index (χ0n) is 12.6. The van der Waals surface area contributed by atoms with Crippen molar-refractivity contribution in [1.82, 2.24) is 0 Å². The fraction of sp³-hybridized carbons (Fsp3) is 0.176. The Balaban J connectivity index is 0.000000168. The van der Waals surface area contributed by atoms with Crippen LogP contribution in [0.5, 0.6) is 0 Å². The van der Waals surface area contributed by atoms with Crippen molar-refractivity contribution in [2.75, 3.05) is 11.1 Å². The number of rotatable bonds is 2. The lowest BCUT2D eigenvalue weighted by atomic mass is 10.1. The third-order valence-electron chi connectivity index (χ3n) is 3.51. The first-order valence-electron chi connectivity index (χ1n) is 7.05. The molecule has 3 rings (SSSR count). The predicted octanol–water partition coefficient (Wildman–Crippen LogP) is 2.38. The van der Waals surface area contributed by atoms with Crippen LogP contribution >= 0.6 is 0 Å². The summed E-state index contributed by atoms with van der Waals surface area (Å²) in [7, 11) is 0. The first kappa shape index (κ1) is 16.4. The molecule has 0 bridgehead atoms. The minimum absolute atomic E-state index is 0.163. The van der Waals surface area contributed by atoms with Crippen molar-refractivity contribution in [2.24, 2.45) is 0 Å². The van der Waals surface area contributed by atoms with Crippen LogP contribution in [-0.2, 0) is 11.2 Å². The van der Waals surface area contributed by atoms with Crippen LogP contribution < -0.4 is 11.1 Å². The molecular weight excluding hydrogens is 296 g/mol. The van der Waals surface area contributed by atoms with Crippen LogP contribution in [-0.4, -0.2) is 28.2 Å². The van der Waals surface area contributed by atoms with E-state index in [1.807, 2.05) is 31.2 Å². The number of aromatic carboxylic acids is 1. The molecule has 23 heavy (non-hydrogen) atoms. The summed E-state index contributed by atoms with van der Waals surface area (Å²) < 4.78 is 0. The average molecular weight is 314 g/mol. The summed E-state index contributed by atoms with van der Waals surface area (Å²) >= 11 is 0. The maximum absolute atomic E-state index is 10.6. The van der Waals surface area contributed by atoms with E-state index in [4.69, 9.17) is 15.9 Å². The first-order valence-corrected chi connectivity index (χ1v) is 7.05. The molecule has 1 aliphatic heterocycles. The van der Waals surface area contributed by atoms with E-state index in [0.29, 0.717) is 12.1 Å². The summed E-state index contributed by atoms with van der Waals surface area (Å²) in [4.78, 5) is 21.1. The van der Waals surface area contributed by atoms with Crippen LogP contribution in [0.4, 0.5) is 11.4 Å². The Kier molecular flexibility index (Phi) is 4.85. The number of fused-ring (bicyclic) bond motifs is 1. The maximum Gasteiger partial charge on any atom is 0.337 e. The van der Waals surface area contributed by atoms with Gasteiger partial charge in [-0.2, -0.15) is 0 Å². The van der Waals surface area contributed by atoms with Crippen LogP contribution in [0.3, 0.4) is 0 Å². The quantitative estimate of drug-likeness (QED) is 0.633. The second kappa shape index (κ2) is 6.83. The third-order valence-corrected chi connectivity index (χ3v) is 3.51. The number of para-hydroxylation sites is 1. The first-order chi connectivity index (χ1) is 10.9. The fourth-order valence-corrected chi connectivity index (χ4v) is 2.32. The monoisotopic (exact) mass is 314 g/mol. The Hall–Kier alpha value is -3.02. The highest BCUT2D eigenvalue weighted by Crippen LogP contribution is 2.24. The summed E-state index contributed by atoms with van der Waals surface area (Å²) in [5.41, 5.74) is 8.92. The van der Waals surface area contributed by atoms with Gasteiger partial charge in [-0.05, 0) is 36.2 Å². The standard InChI is InChI=1S/C9H9NO2.C8H9NO2/c11-9(12)8-5-6-3-1-2-4-7(6)10-8;1-5-2-3-6(8(10)11)7(9)4-5/h1-4,8,10H,5H2,(H,11,12);2-4H,9H2,1H3,(H,10,11)/t8-;/m0./s1. The lowest BCUT2D eigenvalue weighted by Gasteiger charge is -2.02. The van der Waals surface area contributed by atoms with E-state index >= 15 is 0 Å². The van der Waals surface area contributed by atoms with Gasteiger partial charge in [0.2, 0.25) is 0 Å². The van der Waals surface area contributed by atoms with Crippen LogP contribution in [0.1, 0.15) is 21.5 Å². The summed E-state index contributed by atoms with van der Waals surface area (Å²) in [6, 6.07) is 12.1. The lowest BCUT2D eigenvalue weighted by Crippen LogP contribution is -2.26. The zero-order chi connectivity index (χ0) is 17.0. The summed E-state index contributed by atoms with van der Waals surface area (Å²) in [6.45, 7) is 1.86. The fourth-order valence-electron chi connectivity index (χ4n) is 2.32. The van der Waals surface area contributed by atoms with Crippen molar-refractivity contribution in [2.45, 2.75) is 19.4 Å². The number of aryl methyl sites for hydroxylation is 1. The molecule has 0 aliphatic carbocycles. The van der Waals surface area contributed by atoms with E-state index in [1.165, 1.54) is 6.07 Å². The predicted molar refractivity (Wildman–Crippen MR) is 87.7 cm³/mol. The molecule has 0 amide bonds. The molecule has 1 atom stereocenters. The van der Waals surface area contributed by atoms with Gasteiger partial charge in [0.1, 0.15) is 6.04 Å². The number of carboxylic acid groups (broad SMARTS) is 2. The minimum atomic E-state index is -0.984. The lowest BCUT2D eigenvalue weighted by molar-refractivity contribution is -0.137. The number of nitrogens with one attached hydrogen (secondary N) is 1. The largest absolute Gasteiger partial charge is 0.480 e.